The number of carbonyl (C=O) groups excluding carboxylic acids is 2. The zero-order valence-electron chi connectivity index (χ0n) is 15.1. The second-order valence-corrected chi connectivity index (χ2v) is 7.25. The number of piperidine rings is 1. The molecule has 1 atom stereocenters. The van der Waals surface area contributed by atoms with E-state index in [9.17, 15) is 9.59 Å². The molecule has 0 saturated carbocycles. The van der Waals surface area contributed by atoms with Gasteiger partial charge in [-0.2, -0.15) is 0 Å². The molecule has 0 aromatic heterocycles. The molecule has 1 aliphatic rings. The molecule has 0 aliphatic carbocycles. The number of likely N-dealkylation sites (tertiary alicyclic amines) is 1. The first-order chi connectivity index (χ1) is 11.3. The van der Waals surface area contributed by atoms with Gasteiger partial charge in [-0.25, -0.2) is 0 Å². The van der Waals surface area contributed by atoms with Crippen LogP contribution < -0.4 is 5.32 Å². The van der Waals surface area contributed by atoms with Gasteiger partial charge in [0.05, 0.1) is 6.10 Å². The monoisotopic (exact) mass is 332 g/mol. The predicted molar refractivity (Wildman–Crippen MR) is 94.2 cm³/mol. The molecule has 2 amide bonds. The SMILES string of the molecule is CCOC1CCCN(C(=O)c2ccc(C(=O)NC(C)(C)C)cc2)C1. The lowest BCUT2D eigenvalue weighted by Gasteiger charge is -2.32. The van der Waals surface area contributed by atoms with Crippen molar-refractivity contribution >= 4 is 11.8 Å². The van der Waals surface area contributed by atoms with E-state index < -0.39 is 0 Å². The van der Waals surface area contributed by atoms with Gasteiger partial charge in [-0.1, -0.05) is 0 Å². The molecule has 1 aromatic carbocycles. The molecule has 1 aliphatic heterocycles. The van der Waals surface area contributed by atoms with Gasteiger partial charge >= 0.3 is 0 Å². The third-order valence-corrected chi connectivity index (χ3v) is 3.95. The van der Waals surface area contributed by atoms with Crippen LogP contribution in [0.2, 0.25) is 0 Å². The topological polar surface area (TPSA) is 58.6 Å². The van der Waals surface area contributed by atoms with Crippen LogP contribution in [0.25, 0.3) is 0 Å². The van der Waals surface area contributed by atoms with E-state index in [0.29, 0.717) is 24.3 Å². The molecule has 24 heavy (non-hydrogen) atoms. The highest BCUT2D eigenvalue weighted by atomic mass is 16.5. The van der Waals surface area contributed by atoms with Crippen molar-refractivity contribution in [3.8, 4) is 0 Å². The summed E-state index contributed by atoms with van der Waals surface area (Å²) in [6.45, 7) is 9.86. The van der Waals surface area contributed by atoms with Crippen LogP contribution in [-0.4, -0.2) is 48.1 Å². The first kappa shape index (κ1) is 18.5. The van der Waals surface area contributed by atoms with Gasteiger partial charge in [-0.3, -0.25) is 9.59 Å². The van der Waals surface area contributed by atoms with Crippen LogP contribution in [0, 0.1) is 0 Å². The van der Waals surface area contributed by atoms with Gasteiger partial charge in [0.15, 0.2) is 0 Å². The fraction of sp³-hybridized carbons (Fsp3) is 0.579. The number of carbonyl (C=O) groups is 2. The third kappa shape index (κ3) is 5.06. The molecule has 2 rings (SSSR count). The molecule has 5 nitrogen and oxygen atoms in total. The minimum atomic E-state index is -0.284. The predicted octanol–water partition coefficient (Wildman–Crippen LogP) is 2.86. The number of amides is 2. The molecule has 1 fully saturated rings. The number of benzene rings is 1. The minimum absolute atomic E-state index is 0.00202. The summed E-state index contributed by atoms with van der Waals surface area (Å²) in [6.07, 6.45) is 2.09. The first-order valence-corrected chi connectivity index (χ1v) is 8.63. The van der Waals surface area contributed by atoms with E-state index in [1.807, 2.05) is 32.6 Å². The van der Waals surface area contributed by atoms with Crippen molar-refractivity contribution in [1.29, 1.82) is 0 Å². The van der Waals surface area contributed by atoms with Crippen LogP contribution in [0.3, 0.4) is 0 Å². The lowest BCUT2D eigenvalue weighted by atomic mass is 10.0. The Bertz CT molecular complexity index is 573. The van der Waals surface area contributed by atoms with Crippen molar-refractivity contribution < 1.29 is 14.3 Å². The van der Waals surface area contributed by atoms with Crippen LogP contribution in [0.15, 0.2) is 24.3 Å². The van der Waals surface area contributed by atoms with Crippen molar-refractivity contribution in [3.05, 3.63) is 35.4 Å². The van der Waals surface area contributed by atoms with Crippen molar-refractivity contribution in [2.45, 2.75) is 52.2 Å². The summed E-state index contributed by atoms with van der Waals surface area (Å²) in [4.78, 5) is 26.6. The lowest BCUT2D eigenvalue weighted by Crippen LogP contribution is -2.43. The van der Waals surface area contributed by atoms with Crippen molar-refractivity contribution in [2.24, 2.45) is 0 Å². The van der Waals surface area contributed by atoms with Crippen LogP contribution in [0.1, 0.15) is 61.3 Å². The summed E-state index contributed by atoms with van der Waals surface area (Å²) in [5, 5.41) is 2.92. The van der Waals surface area contributed by atoms with E-state index in [-0.39, 0.29) is 23.5 Å². The summed E-state index contributed by atoms with van der Waals surface area (Å²) < 4.78 is 5.65. The van der Waals surface area contributed by atoms with E-state index in [4.69, 9.17) is 4.74 Å². The Kier molecular flexibility index (Phi) is 5.99. The van der Waals surface area contributed by atoms with Crippen LogP contribution in [0.5, 0.6) is 0 Å². The second kappa shape index (κ2) is 7.79. The second-order valence-electron chi connectivity index (χ2n) is 7.25. The molecule has 1 heterocycles. The van der Waals surface area contributed by atoms with Gasteiger partial charge < -0.3 is 15.0 Å². The number of ether oxygens (including phenoxy) is 1. The van der Waals surface area contributed by atoms with Gasteiger partial charge in [-0.15, -0.1) is 0 Å². The molecule has 1 aromatic rings. The average Bonchev–Trinajstić information content (AvgIpc) is 2.53. The summed E-state index contributed by atoms with van der Waals surface area (Å²) in [5.74, 6) is -0.127. The maximum Gasteiger partial charge on any atom is 0.253 e. The molecule has 1 N–H and O–H groups in total. The van der Waals surface area contributed by atoms with Gasteiger partial charge in [0.25, 0.3) is 11.8 Å². The quantitative estimate of drug-likeness (QED) is 0.922. The van der Waals surface area contributed by atoms with Crippen LogP contribution >= 0.6 is 0 Å². The molecule has 0 spiro atoms. The van der Waals surface area contributed by atoms with Gasteiger partial charge in [0.2, 0.25) is 0 Å². The molecule has 132 valence electrons. The van der Waals surface area contributed by atoms with E-state index in [2.05, 4.69) is 5.32 Å². The molecule has 5 heteroatoms. The largest absolute Gasteiger partial charge is 0.377 e. The molecular weight excluding hydrogens is 304 g/mol. The number of hydrogen-bond donors (Lipinski definition) is 1. The summed E-state index contributed by atoms with van der Waals surface area (Å²) >= 11 is 0. The van der Waals surface area contributed by atoms with E-state index in [1.54, 1.807) is 24.3 Å². The highest BCUT2D eigenvalue weighted by Crippen LogP contribution is 2.17. The molecular formula is C19H28N2O3. The normalized spacial score (nSPS) is 18.3. The zero-order valence-corrected chi connectivity index (χ0v) is 15.1. The maximum atomic E-state index is 12.6. The zero-order chi connectivity index (χ0) is 17.7. The van der Waals surface area contributed by atoms with Gasteiger partial charge in [0, 0.05) is 36.4 Å². The summed E-state index contributed by atoms with van der Waals surface area (Å²) in [5.41, 5.74) is 0.889. The van der Waals surface area contributed by atoms with Crippen molar-refractivity contribution in [1.82, 2.24) is 10.2 Å². The molecule has 1 unspecified atom stereocenters. The van der Waals surface area contributed by atoms with E-state index >= 15 is 0 Å². The van der Waals surface area contributed by atoms with Gasteiger partial charge in [-0.05, 0) is 64.8 Å². The molecule has 0 bridgehead atoms. The maximum absolute atomic E-state index is 12.6. The number of rotatable bonds is 4. The lowest BCUT2D eigenvalue weighted by molar-refractivity contribution is 0.00724. The Morgan fingerprint density at radius 2 is 1.83 bits per heavy atom. The minimum Gasteiger partial charge on any atom is -0.377 e. The number of nitrogens with one attached hydrogen (secondary N) is 1. The first-order valence-electron chi connectivity index (χ1n) is 8.63. The van der Waals surface area contributed by atoms with Crippen LogP contribution in [0.4, 0.5) is 0 Å². The summed E-state index contributed by atoms with van der Waals surface area (Å²) in [7, 11) is 0. The Morgan fingerprint density at radius 1 is 1.21 bits per heavy atom. The molecule has 0 radical (unpaired) electrons. The third-order valence-electron chi connectivity index (χ3n) is 3.95. The highest BCUT2D eigenvalue weighted by Gasteiger charge is 2.25. The summed E-state index contributed by atoms with van der Waals surface area (Å²) in [6, 6.07) is 6.87. The van der Waals surface area contributed by atoms with Crippen molar-refractivity contribution in [3.63, 3.8) is 0 Å². The highest BCUT2D eigenvalue weighted by molar-refractivity contribution is 5.98. The van der Waals surface area contributed by atoms with E-state index in [0.717, 1.165) is 19.4 Å². The Balaban J connectivity index is 2.02. The molecule has 1 saturated heterocycles. The number of hydrogen-bond acceptors (Lipinski definition) is 3. The van der Waals surface area contributed by atoms with Gasteiger partial charge in [0.1, 0.15) is 0 Å². The Morgan fingerprint density at radius 3 is 2.42 bits per heavy atom. The Labute approximate surface area is 144 Å². The van der Waals surface area contributed by atoms with Crippen LogP contribution in [-0.2, 0) is 4.74 Å². The fourth-order valence-electron chi connectivity index (χ4n) is 2.85. The van der Waals surface area contributed by atoms with E-state index in [1.165, 1.54) is 0 Å². The Hall–Kier alpha value is -1.88. The smallest absolute Gasteiger partial charge is 0.253 e. The van der Waals surface area contributed by atoms with Crippen molar-refractivity contribution in [2.75, 3.05) is 19.7 Å². The fourth-order valence-corrected chi connectivity index (χ4v) is 2.85. The number of nitrogens with zero attached hydrogens (tertiary/aromatic N) is 1. The standard InChI is InChI=1S/C19H28N2O3/c1-5-24-16-7-6-12-21(13-16)18(23)15-10-8-14(9-11-15)17(22)20-19(2,3)4/h8-11,16H,5-7,12-13H2,1-4H3,(H,20,22). The average molecular weight is 332 g/mol.